The van der Waals surface area contributed by atoms with Crippen molar-refractivity contribution in [2.75, 3.05) is 33.7 Å². The van der Waals surface area contributed by atoms with Crippen LogP contribution in [0.25, 0.3) is 0 Å². The molecule has 114 valence electrons. The van der Waals surface area contributed by atoms with Gasteiger partial charge in [-0.1, -0.05) is 0 Å². The molecule has 2 atom stereocenters. The van der Waals surface area contributed by atoms with Crippen LogP contribution in [0.15, 0.2) is 0 Å². The van der Waals surface area contributed by atoms with Crippen LogP contribution in [-0.2, 0) is 4.79 Å². The molecular weight excluding hydrogens is 242 g/mol. The number of carbonyl (C=O) groups is 1. The number of hydrogen-bond donors (Lipinski definition) is 5. The number of amides is 1. The van der Waals surface area contributed by atoms with Crippen LogP contribution < -0.4 is 27.4 Å². The van der Waals surface area contributed by atoms with Crippen LogP contribution in [0.3, 0.4) is 0 Å². The predicted octanol–water partition coefficient (Wildman–Crippen LogP) is -0.853. The van der Waals surface area contributed by atoms with Crippen LogP contribution in [0.5, 0.6) is 0 Å². The Morgan fingerprint density at radius 2 is 1.74 bits per heavy atom. The Kier molecular flexibility index (Phi) is 11.9. The Morgan fingerprint density at radius 3 is 2.32 bits per heavy atom. The molecule has 19 heavy (non-hydrogen) atoms. The maximum Gasteiger partial charge on any atom is 0.237 e. The van der Waals surface area contributed by atoms with E-state index < -0.39 is 6.04 Å². The maximum absolute atomic E-state index is 11.9. The summed E-state index contributed by atoms with van der Waals surface area (Å²) in [5.41, 5.74) is 11.3. The first-order valence-corrected chi connectivity index (χ1v) is 7.20. The van der Waals surface area contributed by atoms with Crippen molar-refractivity contribution in [3.8, 4) is 0 Å². The summed E-state index contributed by atoms with van der Waals surface area (Å²) < 4.78 is 0. The highest BCUT2D eigenvalue weighted by Gasteiger charge is 2.17. The van der Waals surface area contributed by atoms with E-state index in [1.54, 1.807) is 0 Å². The number of hydrogen-bond acceptors (Lipinski definition) is 5. The average molecular weight is 273 g/mol. The molecule has 1 unspecified atom stereocenters. The van der Waals surface area contributed by atoms with Crippen molar-refractivity contribution in [2.45, 2.75) is 44.2 Å². The van der Waals surface area contributed by atoms with Crippen molar-refractivity contribution in [3.63, 3.8) is 0 Å². The Hall–Kier alpha value is -0.690. The normalized spacial score (nSPS) is 14.1. The zero-order valence-electron chi connectivity index (χ0n) is 12.4. The molecular formula is C13H31N5O. The second-order valence-corrected chi connectivity index (χ2v) is 4.88. The van der Waals surface area contributed by atoms with Crippen LogP contribution in [0.4, 0.5) is 0 Å². The van der Waals surface area contributed by atoms with E-state index in [9.17, 15) is 4.79 Å². The van der Waals surface area contributed by atoms with Crippen molar-refractivity contribution in [3.05, 3.63) is 0 Å². The molecule has 0 radical (unpaired) electrons. The molecule has 7 N–H and O–H groups in total. The fraction of sp³-hybridized carbons (Fsp3) is 0.923. The van der Waals surface area contributed by atoms with Gasteiger partial charge in [0.05, 0.1) is 6.04 Å². The lowest BCUT2D eigenvalue weighted by Gasteiger charge is -2.21. The molecule has 6 heteroatoms. The summed E-state index contributed by atoms with van der Waals surface area (Å²) in [7, 11) is 3.85. The Bertz CT molecular complexity index is 225. The van der Waals surface area contributed by atoms with Crippen molar-refractivity contribution < 1.29 is 4.79 Å². The quantitative estimate of drug-likeness (QED) is 0.298. The summed E-state index contributed by atoms with van der Waals surface area (Å²) in [6.45, 7) is 2.43. The summed E-state index contributed by atoms with van der Waals surface area (Å²) in [4.78, 5) is 11.9. The lowest BCUT2D eigenvalue weighted by molar-refractivity contribution is -0.123. The van der Waals surface area contributed by atoms with Crippen molar-refractivity contribution in [2.24, 2.45) is 11.5 Å². The van der Waals surface area contributed by atoms with Crippen LogP contribution >= 0.6 is 0 Å². The van der Waals surface area contributed by atoms with E-state index in [2.05, 4.69) is 16.0 Å². The third-order valence-corrected chi connectivity index (χ3v) is 3.12. The van der Waals surface area contributed by atoms with Crippen LogP contribution in [0.1, 0.15) is 32.1 Å². The minimum atomic E-state index is -0.440. The number of rotatable bonds is 12. The number of nitrogens with one attached hydrogen (secondary N) is 3. The van der Waals surface area contributed by atoms with Crippen LogP contribution in [-0.4, -0.2) is 51.7 Å². The zero-order valence-corrected chi connectivity index (χ0v) is 12.4. The predicted molar refractivity (Wildman–Crippen MR) is 79.9 cm³/mol. The Morgan fingerprint density at radius 1 is 1.05 bits per heavy atom. The van der Waals surface area contributed by atoms with E-state index >= 15 is 0 Å². The molecule has 0 saturated carbocycles. The zero-order chi connectivity index (χ0) is 14.5. The SMILES string of the molecule is CNCCCC(CCNC)NC(=O)[C@H](N)CCCN. The van der Waals surface area contributed by atoms with Crippen molar-refractivity contribution in [1.82, 2.24) is 16.0 Å². The van der Waals surface area contributed by atoms with Crippen LogP contribution in [0, 0.1) is 0 Å². The summed E-state index contributed by atoms with van der Waals surface area (Å²) in [6, 6.07) is -0.248. The van der Waals surface area contributed by atoms with Crippen molar-refractivity contribution in [1.29, 1.82) is 0 Å². The number of nitrogens with two attached hydrogens (primary N) is 2. The molecule has 0 aliphatic rings. The first kappa shape index (κ1) is 18.3. The van der Waals surface area contributed by atoms with E-state index in [0.29, 0.717) is 13.0 Å². The summed E-state index contributed by atoms with van der Waals surface area (Å²) in [5, 5.41) is 9.27. The van der Waals surface area contributed by atoms with Gasteiger partial charge in [-0.25, -0.2) is 0 Å². The fourth-order valence-electron chi connectivity index (χ4n) is 1.91. The van der Waals surface area contributed by atoms with Crippen molar-refractivity contribution >= 4 is 5.91 Å². The van der Waals surface area contributed by atoms with Gasteiger partial charge in [-0.2, -0.15) is 0 Å². The van der Waals surface area contributed by atoms with E-state index in [-0.39, 0.29) is 11.9 Å². The molecule has 0 aliphatic carbocycles. The molecule has 0 fully saturated rings. The first-order valence-electron chi connectivity index (χ1n) is 7.20. The van der Waals surface area contributed by atoms with Gasteiger partial charge in [-0.05, 0) is 65.8 Å². The van der Waals surface area contributed by atoms with E-state index in [1.165, 1.54) is 0 Å². The molecule has 0 aromatic rings. The average Bonchev–Trinajstić information content (AvgIpc) is 2.41. The lowest BCUT2D eigenvalue weighted by atomic mass is 10.1. The summed E-state index contributed by atoms with van der Waals surface area (Å²) >= 11 is 0. The number of carbonyl (C=O) groups excluding carboxylic acids is 1. The molecule has 0 aliphatic heterocycles. The fourth-order valence-corrected chi connectivity index (χ4v) is 1.91. The van der Waals surface area contributed by atoms with Gasteiger partial charge in [-0.15, -0.1) is 0 Å². The molecule has 0 saturated heterocycles. The van der Waals surface area contributed by atoms with E-state index in [0.717, 1.165) is 38.8 Å². The van der Waals surface area contributed by atoms with Gasteiger partial charge in [0.2, 0.25) is 5.91 Å². The van der Waals surface area contributed by atoms with E-state index in [4.69, 9.17) is 11.5 Å². The highest BCUT2D eigenvalue weighted by Crippen LogP contribution is 2.03. The van der Waals surface area contributed by atoms with Gasteiger partial charge >= 0.3 is 0 Å². The van der Waals surface area contributed by atoms with Gasteiger partial charge in [-0.3, -0.25) is 4.79 Å². The van der Waals surface area contributed by atoms with Gasteiger partial charge in [0.1, 0.15) is 0 Å². The highest BCUT2D eigenvalue weighted by atomic mass is 16.2. The second kappa shape index (κ2) is 12.3. The molecule has 6 nitrogen and oxygen atoms in total. The third-order valence-electron chi connectivity index (χ3n) is 3.12. The Labute approximate surface area is 117 Å². The topological polar surface area (TPSA) is 105 Å². The largest absolute Gasteiger partial charge is 0.352 e. The van der Waals surface area contributed by atoms with Gasteiger partial charge in [0.15, 0.2) is 0 Å². The molecule has 1 amide bonds. The van der Waals surface area contributed by atoms with Gasteiger partial charge in [0, 0.05) is 6.04 Å². The third kappa shape index (κ3) is 9.84. The second-order valence-electron chi connectivity index (χ2n) is 4.88. The van der Waals surface area contributed by atoms with Gasteiger partial charge in [0.25, 0.3) is 0 Å². The molecule has 0 rings (SSSR count). The molecule has 0 bridgehead atoms. The first-order chi connectivity index (χ1) is 9.15. The summed E-state index contributed by atoms with van der Waals surface area (Å²) in [6.07, 6.45) is 4.38. The highest BCUT2D eigenvalue weighted by molar-refractivity contribution is 5.81. The lowest BCUT2D eigenvalue weighted by Crippen LogP contribution is -2.46. The van der Waals surface area contributed by atoms with Gasteiger partial charge < -0.3 is 27.4 Å². The minimum Gasteiger partial charge on any atom is -0.352 e. The molecule has 0 aromatic carbocycles. The smallest absolute Gasteiger partial charge is 0.237 e. The summed E-state index contributed by atoms with van der Waals surface area (Å²) in [5.74, 6) is -0.0565. The Balaban J connectivity index is 4.08. The maximum atomic E-state index is 11.9. The van der Waals surface area contributed by atoms with E-state index in [1.807, 2.05) is 14.1 Å². The standard InChI is InChI=1S/C13H31N5O/c1-16-9-4-5-11(7-10-17-2)18-13(19)12(15)6-3-8-14/h11-12,16-17H,3-10,14-15H2,1-2H3,(H,18,19)/t11?,12-/m1/s1. The molecule has 0 aromatic heterocycles. The monoisotopic (exact) mass is 273 g/mol. The van der Waals surface area contributed by atoms with Crippen LogP contribution in [0.2, 0.25) is 0 Å². The minimum absolute atomic E-state index is 0.0565. The molecule has 0 spiro atoms. The molecule has 0 heterocycles.